The fraction of sp³-hybridized carbons (Fsp3) is 0.700. The van der Waals surface area contributed by atoms with E-state index < -0.39 is 18.5 Å². The second-order valence-electron chi connectivity index (χ2n) is 3.68. The van der Waals surface area contributed by atoms with Crippen LogP contribution in [0.1, 0.15) is 20.8 Å². The van der Waals surface area contributed by atoms with E-state index in [0.29, 0.717) is 0 Å². The fourth-order valence-electron chi connectivity index (χ4n) is 1.30. The molecule has 0 aromatic rings. The van der Waals surface area contributed by atoms with E-state index in [9.17, 15) is 4.79 Å². The lowest BCUT2D eigenvalue weighted by Crippen LogP contribution is -2.41. The molecule has 3 atom stereocenters. The topological polar surface area (TPSA) is 70.8 Å². The smallest absolute Gasteiger partial charge is 0.405 e. The van der Waals surface area contributed by atoms with Gasteiger partial charge in [0.15, 0.2) is 12.4 Å². The molecule has 1 aliphatic rings. The zero-order valence-corrected chi connectivity index (χ0v) is 9.17. The third-order valence-electron chi connectivity index (χ3n) is 1.85. The molecule has 0 aromatic heterocycles. The van der Waals surface area contributed by atoms with Crippen molar-refractivity contribution in [3.8, 4) is 0 Å². The molecular formula is C10H17NO4. The van der Waals surface area contributed by atoms with Crippen LogP contribution in [0.25, 0.3) is 0 Å². The van der Waals surface area contributed by atoms with Gasteiger partial charge in [0.25, 0.3) is 0 Å². The summed E-state index contributed by atoms with van der Waals surface area (Å²) in [5, 5.41) is 0. The quantitative estimate of drug-likeness (QED) is 0.717. The molecule has 1 aliphatic heterocycles. The molecule has 0 unspecified atom stereocenters. The molecule has 5 heteroatoms. The van der Waals surface area contributed by atoms with Crippen molar-refractivity contribution in [1.29, 1.82) is 0 Å². The van der Waals surface area contributed by atoms with Crippen LogP contribution in [0, 0.1) is 0 Å². The van der Waals surface area contributed by atoms with E-state index in [-0.39, 0.29) is 12.2 Å². The Balaban J connectivity index is 2.62. The maximum atomic E-state index is 10.6. The maximum Gasteiger partial charge on any atom is 0.405 e. The van der Waals surface area contributed by atoms with Gasteiger partial charge in [-0.05, 0) is 26.8 Å². The maximum absolute atomic E-state index is 10.6. The first-order valence-electron chi connectivity index (χ1n) is 4.94. The third kappa shape index (κ3) is 3.89. The van der Waals surface area contributed by atoms with Gasteiger partial charge in [0, 0.05) is 0 Å². The van der Waals surface area contributed by atoms with Crippen molar-refractivity contribution in [2.45, 2.75) is 45.4 Å². The standard InChI is InChI=1S/C10H17NO4/c1-6(2)13-9-8(15-10(11)12)5-4-7(3)14-9/h4-9H,1-3H3,(H2,11,12)/t7-,8-,9+/m1/s1. The molecular weight excluding hydrogens is 198 g/mol. The summed E-state index contributed by atoms with van der Waals surface area (Å²) in [5.41, 5.74) is 4.94. The largest absolute Gasteiger partial charge is 0.437 e. The number of hydrogen-bond acceptors (Lipinski definition) is 4. The summed E-state index contributed by atoms with van der Waals surface area (Å²) in [6.07, 6.45) is 1.48. The molecule has 1 rings (SSSR count). The van der Waals surface area contributed by atoms with E-state index in [4.69, 9.17) is 19.9 Å². The molecule has 2 N–H and O–H groups in total. The first-order chi connectivity index (χ1) is 6.99. The highest BCUT2D eigenvalue weighted by molar-refractivity contribution is 5.65. The molecule has 0 fully saturated rings. The fourth-order valence-corrected chi connectivity index (χ4v) is 1.30. The molecule has 0 aromatic carbocycles. The molecule has 0 aliphatic carbocycles. The molecule has 15 heavy (non-hydrogen) atoms. The van der Waals surface area contributed by atoms with Crippen LogP contribution in [-0.2, 0) is 14.2 Å². The molecule has 0 saturated heterocycles. The lowest BCUT2D eigenvalue weighted by molar-refractivity contribution is -0.215. The summed E-state index contributed by atoms with van der Waals surface area (Å²) in [7, 11) is 0. The summed E-state index contributed by atoms with van der Waals surface area (Å²) in [6.45, 7) is 5.65. The van der Waals surface area contributed by atoms with Crippen LogP contribution in [0.15, 0.2) is 12.2 Å². The summed E-state index contributed by atoms with van der Waals surface area (Å²) < 4.78 is 15.8. The second kappa shape index (κ2) is 5.14. The van der Waals surface area contributed by atoms with Gasteiger partial charge in [-0.2, -0.15) is 0 Å². The Bertz CT molecular complexity index is 252. The molecule has 0 radical (unpaired) electrons. The number of carbonyl (C=O) groups is 1. The molecule has 0 bridgehead atoms. The Morgan fingerprint density at radius 3 is 2.67 bits per heavy atom. The summed E-state index contributed by atoms with van der Waals surface area (Å²) in [5.74, 6) is 0. The predicted octanol–water partition coefficient (Wildman–Crippen LogP) is 1.18. The predicted molar refractivity (Wildman–Crippen MR) is 54.2 cm³/mol. The summed E-state index contributed by atoms with van der Waals surface area (Å²) in [4.78, 5) is 10.6. The molecule has 1 heterocycles. The Hall–Kier alpha value is -1.07. The Morgan fingerprint density at radius 1 is 1.47 bits per heavy atom. The van der Waals surface area contributed by atoms with Crippen molar-refractivity contribution in [2.24, 2.45) is 5.73 Å². The van der Waals surface area contributed by atoms with Gasteiger partial charge in [-0.3, -0.25) is 0 Å². The zero-order valence-electron chi connectivity index (χ0n) is 9.17. The number of rotatable bonds is 3. The lowest BCUT2D eigenvalue weighted by Gasteiger charge is -2.31. The number of hydrogen-bond donors (Lipinski definition) is 1. The number of amides is 1. The summed E-state index contributed by atoms with van der Waals surface area (Å²) in [6, 6.07) is 0. The van der Waals surface area contributed by atoms with E-state index in [2.05, 4.69) is 0 Å². The van der Waals surface area contributed by atoms with Gasteiger partial charge in [0.2, 0.25) is 0 Å². The van der Waals surface area contributed by atoms with Crippen LogP contribution in [0.4, 0.5) is 4.79 Å². The van der Waals surface area contributed by atoms with Gasteiger partial charge < -0.3 is 19.9 Å². The Kier molecular flexibility index (Phi) is 4.11. The van der Waals surface area contributed by atoms with Gasteiger partial charge >= 0.3 is 6.09 Å². The first-order valence-corrected chi connectivity index (χ1v) is 4.94. The molecule has 0 spiro atoms. The van der Waals surface area contributed by atoms with Crippen molar-refractivity contribution in [3.05, 3.63) is 12.2 Å². The average Bonchev–Trinajstić information content (AvgIpc) is 2.08. The van der Waals surface area contributed by atoms with Crippen LogP contribution in [0.5, 0.6) is 0 Å². The highest BCUT2D eigenvalue weighted by Gasteiger charge is 2.29. The normalized spacial score (nSPS) is 30.5. The van der Waals surface area contributed by atoms with Crippen molar-refractivity contribution >= 4 is 6.09 Å². The number of carbonyl (C=O) groups excluding carboxylic acids is 1. The van der Waals surface area contributed by atoms with Crippen LogP contribution in [0.2, 0.25) is 0 Å². The van der Waals surface area contributed by atoms with Gasteiger partial charge in [-0.1, -0.05) is 6.08 Å². The number of ether oxygens (including phenoxy) is 3. The SMILES string of the molecule is CC(C)O[C@H]1O[C@H](C)C=C[C@H]1OC(N)=O. The van der Waals surface area contributed by atoms with Crippen molar-refractivity contribution < 1.29 is 19.0 Å². The van der Waals surface area contributed by atoms with E-state index in [0.717, 1.165) is 0 Å². The molecule has 0 saturated carbocycles. The van der Waals surface area contributed by atoms with E-state index in [1.807, 2.05) is 20.8 Å². The zero-order chi connectivity index (χ0) is 11.4. The van der Waals surface area contributed by atoms with Gasteiger partial charge in [0.1, 0.15) is 0 Å². The lowest BCUT2D eigenvalue weighted by atomic mass is 10.2. The van der Waals surface area contributed by atoms with E-state index >= 15 is 0 Å². The van der Waals surface area contributed by atoms with Gasteiger partial charge in [-0.15, -0.1) is 0 Å². The number of primary amides is 1. The van der Waals surface area contributed by atoms with Gasteiger partial charge in [-0.25, -0.2) is 4.79 Å². The second-order valence-corrected chi connectivity index (χ2v) is 3.68. The van der Waals surface area contributed by atoms with Gasteiger partial charge in [0.05, 0.1) is 12.2 Å². The van der Waals surface area contributed by atoms with E-state index in [1.165, 1.54) is 0 Å². The van der Waals surface area contributed by atoms with E-state index in [1.54, 1.807) is 12.2 Å². The van der Waals surface area contributed by atoms with Crippen molar-refractivity contribution in [1.82, 2.24) is 0 Å². The molecule has 5 nitrogen and oxygen atoms in total. The molecule has 86 valence electrons. The van der Waals surface area contributed by atoms with Crippen LogP contribution in [0.3, 0.4) is 0 Å². The van der Waals surface area contributed by atoms with Crippen LogP contribution >= 0.6 is 0 Å². The highest BCUT2D eigenvalue weighted by Crippen LogP contribution is 2.18. The minimum absolute atomic E-state index is 0.00678. The minimum Gasteiger partial charge on any atom is -0.437 e. The first kappa shape index (κ1) is 12.0. The third-order valence-corrected chi connectivity index (χ3v) is 1.85. The number of nitrogens with two attached hydrogens (primary N) is 1. The molecule has 1 amide bonds. The highest BCUT2D eigenvalue weighted by atomic mass is 16.7. The average molecular weight is 215 g/mol. The van der Waals surface area contributed by atoms with Crippen molar-refractivity contribution in [3.63, 3.8) is 0 Å². The summed E-state index contributed by atoms with van der Waals surface area (Å²) >= 11 is 0. The van der Waals surface area contributed by atoms with Crippen LogP contribution in [-0.4, -0.2) is 30.7 Å². The van der Waals surface area contributed by atoms with Crippen molar-refractivity contribution in [2.75, 3.05) is 0 Å². The minimum atomic E-state index is -0.833. The Morgan fingerprint density at radius 2 is 2.13 bits per heavy atom. The van der Waals surface area contributed by atoms with Crippen LogP contribution < -0.4 is 5.73 Å². The Labute approximate surface area is 89.2 Å². The monoisotopic (exact) mass is 215 g/mol.